The number of hydrogen-bond donors (Lipinski definition) is 1. The number of aromatic amines is 1. The van der Waals surface area contributed by atoms with E-state index in [9.17, 15) is 4.79 Å². The lowest BCUT2D eigenvalue weighted by atomic mass is 10.3. The maximum atomic E-state index is 11.5. The van der Waals surface area contributed by atoms with Crippen molar-refractivity contribution >= 4 is 0 Å². The predicted molar refractivity (Wildman–Crippen MR) is 56.5 cm³/mol. The number of nitrogens with one attached hydrogen (secondary N) is 1. The van der Waals surface area contributed by atoms with Gasteiger partial charge in [-0.2, -0.15) is 0 Å². The summed E-state index contributed by atoms with van der Waals surface area (Å²) >= 11 is 0. The van der Waals surface area contributed by atoms with Crippen LogP contribution in [0.2, 0.25) is 0 Å². The molecule has 0 bridgehead atoms. The monoisotopic (exact) mass is 204 g/mol. The summed E-state index contributed by atoms with van der Waals surface area (Å²) in [5, 5.41) is 3.00. The molecule has 0 aliphatic heterocycles. The van der Waals surface area contributed by atoms with Crippen molar-refractivity contribution in [2.75, 3.05) is 0 Å². The van der Waals surface area contributed by atoms with Crippen LogP contribution in [-0.2, 0) is 0 Å². The number of rotatable bonds is 2. The van der Waals surface area contributed by atoms with Crippen molar-refractivity contribution in [2.45, 2.75) is 19.9 Å². The molecular formula is C10H12N4O. The minimum Gasteiger partial charge on any atom is -0.293 e. The number of nitrogens with zero attached hydrogens (tertiary/aromatic N) is 3. The topological polar surface area (TPSA) is 63.6 Å². The summed E-state index contributed by atoms with van der Waals surface area (Å²) in [6.45, 7) is 3.89. The Bertz CT molecular complexity index is 498. The van der Waals surface area contributed by atoms with Gasteiger partial charge >= 0.3 is 0 Å². The minimum absolute atomic E-state index is 0.0503. The second-order valence-electron chi connectivity index (χ2n) is 3.56. The highest BCUT2D eigenvalue weighted by Gasteiger charge is 2.07. The van der Waals surface area contributed by atoms with Crippen molar-refractivity contribution in [3.05, 3.63) is 35.0 Å². The summed E-state index contributed by atoms with van der Waals surface area (Å²) in [4.78, 5) is 19.6. The zero-order chi connectivity index (χ0) is 10.8. The van der Waals surface area contributed by atoms with Crippen LogP contribution in [0.3, 0.4) is 0 Å². The second kappa shape index (κ2) is 3.68. The van der Waals surface area contributed by atoms with Crippen molar-refractivity contribution in [3.63, 3.8) is 0 Å². The van der Waals surface area contributed by atoms with E-state index in [-0.39, 0.29) is 11.6 Å². The Kier molecular flexibility index (Phi) is 2.37. The fraction of sp³-hybridized carbons (Fsp3) is 0.300. The molecule has 1 N–H and O–H groups in total. The molecule has 0 aliphatic carbocycles. The summed E-state index contributed by atoms with van der Waals surface area (Å²) < 4.78 is 1.56. The highest BCUT2D eigenvalue weighted by molar-refractivity contribution is 5.51. The maximum absolute atomic E-state index is 11.5. The average molecular weight is 204 g/mol. The van der Waals surface area contributed by atoms with Crippen molar-refractivity contribution in [1.29, 1.82) is 0 Å². The summed E-state index contributed by atoms with van der Waals surface area (Å²) in [5.74, 6) is 0. The zero-order valence-corrected chi connectivity index (χ0v) is 8.64. The molecule has 2 heterocycles. The van der Waals surface area contributed by atoms with Gasteiger partial charge < -0.3 is 0 Å². The van der Waals surface area contributed by atoms with Gasteiger partial charge in [0.2, 0.25) is 0 Å². The van der Waals surface area contributed by atoms with Crippen LogP contribution in [0, 0.1) is 0 Å². The van der Waals surface area contributed by atoms with Crippen LogP contribution >= 0.6 is 0 Å². The highest BCUT2D eigenvalue weighted by atomic mass is 16.1. The lowest BCUT2D eigenvalue weighted by Crippen LogP contribution is -2.17. The maximum Gasteiger partial charge on any atom is 0.267 e. The second-order valence-corrected chi connectivity index (χ2v) is 3.56. The molecule has 0 radical (unpaired) electrons. The van der Waals surface area contributed by atoms with Crippen molar-refractivity contribution in [1.82, 2.24) is 19.7 Å². The van der Waals surface area contributed by atoms with E-state index in [0.717, 1.165) is 0 Å². The van der Waals surface area contributed by atoms with Crippen LogP contribution in [0.25, 0.3) is 11.4 Å². The molecular weight excluding hydrogens is 192 g/mol. The summed E-state index contributed by atoms with van der Waals surface area (Å²) in [6.07, 6.45) is 4.82. The van der Waals surface area contributed by atoms with Gasteiger partial charge in [0.25, 0.3) is 5.56 Å². The third-order valence-corrected chi connectivity index (χ3v) is 2.10. The largest absolute Gasteiger partial charge is 0.293 e. The van der Waals surface area contributed by atoms with Gasteiger partial charge in [0.15, 0.2) is 0 Å². The first kappa shape index (κ1) is 9.64. The van der Waals surface area contributed by atoms with Gasteiger partial charge in [0.05, 0.1) is 11.9 Å². The van der Waals surface area contributed by atoms with E-state index in [1.54, 1.807) is 23.3 Å². The van der Waals surface area contributed by atoms with Crippen LogP contribution in [0.1, 0.15) is 19.9 Å². The van der Waals surface area contributed by atoms with Crippen LogP contribution in [-0.4, -0.2) is 19.7 Å². The van der Waals surface area contributed by atoms with Gasteiger partial charge in [-0.3, -0.25) is 24.5 Å². The number of H-pyrrole nitrogens is 1. The van der Waals surface area contributed by atoms with E-state index >= 15 is 0 Å². The van der Waals surface area contributed by atoms with Gasteiger partial charge in [0, 0.05) is 24.5 Å². The van der Waals surface area contributed by atoms with Gasteiger partial charge in [-0.1, -0.05) is 0 Å². The molecule has 78 valence electrons. The molecule has 2 aromatic heterocycles. The molecule has 5 nitrogen and oxygen atoms in total. The van der Waals surface area contributed by atoms with Gasteiger partial charge in [-0.15, -0.1) is 0 Å². The van der Waals surface area contributed by atoms with Crippen LogP contribution in [0.15, 0.2) is 29.5 Å². The predicted octanol–water partition coefficient (Wildman–Crippen LogP) is 1.21. The standard InChI is InChI=1S/C10H12N4O/c1-7(2)14-10(15)5-8(13-14)9-6-11-3-4-12-9/h3-7,13H,1-2H3. The zero-order valence-electron chi connectivity index (χ0n) is 8.64. The molecule has 0 atom stereocenters. The third-order valence-electron chi connectivity index (χ3n) is 2.10. The number of aromatic nitrogens is 4. The molecule has 0 amide bonds. The van der Waals surface area contributed by atoms with E-state index in [4.69, 9.17) is 0 Å². The van der Waals surface area contributed by atoms with Crippen LogP contribution < -0.4 is 5.56 Å². The van der Waals surface area contributed by atoms with Crippen LogP contribution in [0.4, 0.5) is 0 Å². The normalized spacial score (nSPS) is 10.9. The Balaban J connectivity index is 2.48. The first-order chi connectivity index (χ1) is 7.18. The molecule has 5 heteroatoms. The van der Waals surface area contributed by atoms with Crippen molar-refractivity contribution in [3.8, 4) is 11.4 Å². The Morgan fingerprint density at radius 1 is 1.40 bits per heavy atom. The smallest absolute Gasteiger partial charge is 0.267 e. The van der Waals surface area contributed by atoms with E-state index in [1.807, 2.05) is 13.8 Å². The molecule has 2 aromatic rings. The van der Waals surface area contributed by atoms with Crippen LogP contribution in [0.5, 0.6) is 0 Å². The Morgan fingerprint density at radius 2 is 2.20 bits per heavy atom. The first-order valence-electron chi connectivity index (χ1n) is 4.76. The molecule has 0 aromatic carbocycles. The molecule has 0 fully saturated rings. The van der Waals surface area contributed by atoms with E-state index < -0.39 is 0 Å². The molecule has 15 heavy (non-hydrogen) atoms. The molecule has 2 rings (SSSR count). The average Bonchev–Trinajstić information content (AvgIpc) is 2.62. The van der Waals surface area contributed by atoms with Crippen molar-refractivity contribution < 1.29 is 0 Å². The minimum atomic E-state index is -0.0503. The third kappa shape index (κ3) is 1.81. The van der Waals surface area contributed by atoms with E-state index in [1.165, 1.54) is 6.07 Å². The van der Waals surface area contributed by atoms with Gasteiger partial charge in [-0.05, 0) is 13.8 Å². The number of hydrogen-bond acceptors (Lipinski definition) is 3. The SMILES string of the molecule is CC(C)n1[nH]c(-c2cnccn2)cc1=O. The quantitative estimate of drug-likeness (QED) is 0.799. The van der Waals surface area contributed by atoms with Gasteiger partial charge in [0.1, 0.15) is 5.69 Å². The van der Waals surface area contributed by atoms with E-state index in [0.29, 0.717) is 11.4 Å². The Hall–Kier alpha value is -1.91. The molecule has 0 aliphatic rings. The summed E-state index contributed by atoms with van der Waals surface area (Å²) in [6, 6.07) is 1.65. The lowest BCUT2D eigenvalue weighted by Gasteiger charge is -2.04. The molecule has 0 saturated heterocycles. The van der Waals surface area contributed by atoms with Crippen molar-refractivity contribution in [2.24, 2.45) is 0 Å². The summed E-state index contributed by atoms with van der Waals surface area (Å²) in [5.41, 5.74) is 1.32. The first-order valence-corrected chi connectivity index (χ1v) is 4.76. The highest BCUT2D eigenvalue weighted by Crippen LogP contribution is 2.10. The van der Waals surface area contributed by atoms with Gasteiger partial charge in [-0.25, -0.2) is 0 Å². The lowest BCUT2D eigenvalue weighted by molar-refractivity contribution is 0.518. The Morgan fingerprint density at radius 3 is 2.73 bits per heavy atom. The molecule has 0 spiro atoms. The van der Waals surface area contributed by atoms with E-state index in [2.05, 4.69) is 15.1 Å². The Labute approximate surface area is 86.8 Å². The molecule has 0 saturated carbocycles. The fourth-order valence-electron chi connectivity index (χ4n) is 1.36. The fourth-order valence-corrected chi connectivity index (χ4v) is 1.36. The molecule has 0 unspecified atom stereocenters. The summed E-state index contributed by atoms with van der Waals surface area (Å²) in [7, 11) is 0.